The molecule has 4 nitrogen and oxygen atoms in total. The third-order valence-corrected chi connectivity index (χ3v) is 4.01. The second kappa shape index (κ2) is 5.01. The SMILES string of the molecule is O=C(O)c1ccc2c(c1)CCCN2Cc1cscn1. The van der Waals surface area contributed by atoms with Crippen molar-refractivity contribution in [1.29, 1.82) is 0 Å². The van der Waals surface area contributed by atoms with Crippen LogP contribution in [0.25, 0.3) is 0 Å². The minimum Gasteiger partial charge on any atom is -0.478 e. The van der Waals surface area contributed by atoms with Crippen molar-refractivity contribution in [2.45, 2.75) is 19.4 Å². The first kappa shape index (κ1) is 12.2. The van der Waals surface area contributed by atoms with E-state index in [1.807, 2.05) is 11.6 Å². The molecule has 2 heterocycles. The van der Waals surface area contributed by atoms with E-state index in [1.54, 1.807) is 23.5 Å². The number of carbonyl (C=O) groups is 1. The highest BCUT2D eigenvalue weighted by Gasteiger charge is 2.19. The second-order valence-electron chi connectivity index (χ2n) is 4.65. The van der Waals surface area contributed by atoms with Crippen molar-refractivity contribution in [2.24, 2.45) is 0 Å². The molecule has 1 aliphatic heterocycles. The minimum absolute atomic E-state index is 0.370. The number of aromatic nitrogens is 1. The number of rotatable bonds is 3. The Balaban J connectivity index is 1.89. The van der Waals surface area contributed by atoms with Gasteiger partial charge >= 0.3 is 5.97 Å². The van der Waals surface area contributed by atoms with Crippen molar-refractivity contribution in [3.05, 3.63) is 45.9 Å². The third kappa shape index (κ3) is 2.46. The Morgan fingerprint density at radius 1 is 1.47 bits per heavy atom. The molecule has 5 heteroatoms. The van der Waals surface area contributed by atoms with Crippen LogP contribution in [0.15, 0.2) is 29.1 Å². The molecule has 2 aromatic rings. The molecule has 0 amide bonds. The number of aromatic carboxylic acids is 1. The van der Waals surface area contributed by atoms with Crippen LogP contribution >= 0.6 is 11.3 Å². The molecule has 19 heavy (non-hydrogen) atoms. The van der Waals surface area contributed by atoms with Crippen molar-refractivity contribution in [3.63, 3.8) is 0 Å². The molecule has 1 aromatic carbocycles. The van der Waals surface area contributed by atoms with Gasteiger partial charge in [-0.2, -0.15) is 0 Å². The van der Waals surface area contributed by atoms with Gasteiger partial charge in [-0.05, 0) is 36.6 Å². The first-order valence-corrected chi connectivity index (χ1v) is 7.16. The number of hydrogen-bond donors (Lipinski definition) is 1. The van der Waals surface area contributed by atoms with E-state index >= 15 is 0 Å². The zero-order chi connectivity index (χ0) is 13.2. The quantitative estimate of drug-likeness (QED) is 0.935. The Kier molecular flexibility index (Phi) is 3.21. The van der Waals surface area contributed by atoms with Gasteiger partial charge in [0.25, 0.3) is 0 Å². The molecule has 98 valence electrons. The highest BCUT2D eigenvalue weighted by Crippen LogP contribution is 2.29. The molecule has 0 saturated heterocycles. The molecule has 0 aliphatic carbocycles. The second-order valence-corrected chi connectivity index (χ2v) is 5.37. The van der Waals surface area contributed by atoms with E-state index in [9.17, 15) is 4.79 Å². The Morgan fingerprint density at radius 2 is 2.37 bits per heavy atom. The van der Waals surface area contributed by atoms with Gasteiger partial charge in [-0.3, -0.25) is 0 Å². The lowest BCUT2D eigenvalue weighted by Gasteiger charge is -2.31. The van der Waals surface area contributed by atoms with Gasteiger partial charge < -0.3 is 10.0 Å². The lowest BCUT2D eigenvalue weighted by Crippen LogP contribution is -2.29. The first-order valence-electron chi connectivity index (χ1n) is 6.22. The molecule has 1 aliphatic rings. The van der Waals surface area contributed by atoms with Crippen molar-refractivity contribution in [2.75, 3.05) is 11.4 Å². The number of carboxylic acid groups (broad SMARTS) is 1. The number of nitrogens with zero attached hydrogens (tertiary/aromatic N) is 2. The number of aryl methyl sites for hydroxylation is 1. The number of thiazole rings is 1. The molecule has 0 atom stereocenters. The summed E-state index contributed by atoms with van der Waals surface area (Å²) in [5.74, 6) is -0.862. The van der Waals surface area contributed by atoms with E-state index in [1.165, 1.54) is 0 Å². The van der Waals surface area contributed by atoms with Crippen molar-refractivity contribution >= 4 is 23.0 Å². The molecule has 0 spiro atoms. The molecule has 0 saturated carbocycles. The zero-order valence-corrected chi connectivity index (χ0v) is 11.2. The summed E-state index contributed by atoms with van der Waals surface area (Å²) in [6.45, 7) is 1.79. The van der Waals surface area contributed by atoms with Crippen molar-refractivity contribution in [3.8, 4) is 0 Å². The maximum absolute atomic E-state index is 11.0. The fourth-order valence-electron chi connectivity index (χ4n) is 2.48. The maximum atomic E-state index is 11.0. The van der Waals surface area contributed by atoms with Crippen LogP contribution in [0.3, 0.4) is 0 Å². The average Bonchev–Trinajstić information content (AvgIpc) is 2.91. The summed E-state index contributed by atoms with van der Waals surface area (Å²) in [5.41, 5.74) is 5.55. The predicted molar refractivity (Wildman–Crippen MR) is 74.9 cm³/mol. The number of anilines is 1. The van der Waals surface area contributed by atoms with Crippen LogP contribution in [0.1, 0.15) is 28.0 Å². The Morgan fingerprint density at radius 3 is 3.11 bits per heavy atom. The molecule has 0 radical (unpaired) electrons. The number of fused-ring (bicyclic) bond motifs is 1. The maximum Gasteiger partial charge on any atom is 0.335 e. The van der Waals surface area contributed by atoms with E-state index in [-0.39, 0.29) is 0 Å². The summed E-state index contributed by atoms with van der Waals surface area (Å²) in [6, 6.07) is 5.40. The van der Waals surface area contributed by atoms with Crippen LogP contribution in [0.4, 0.5) is 5.69 Å². The Hall–Kier alpha value is -1.88. The van der Waals surface area contributed by atoms with Crippen molar-refractivity contribution < 1.29 is 9.90 Å². The van der Waals surface area contributed by atoms with Gasteiger partial charge in [0.15, 0.2) is 0 Å². The van der Waals surface area contributed by atoms with Gasteiger partial charge in [-0.15, -0.1) is 11.3 Å². The normalized spacial score (nSPS) is 14.2. The van der Waals surface area contributed by atoms with E-state index in [4.69, 9.17) is 5.11 Å². The number of carboxylic acids is 1. The van der Waals surface area contributed by atoms with Crippen LogP contribution in [-0.4, -0.2) is 22.6 Å². The summed E-state index contributed by atoms with van der Waals surface area (Å²) in [5, 5.41) is 11.1. The smallest absolute Gasteiger partial charge is 0.335 e. The first-order chi connectivity index (χ1) is 9.24. The molecule has 0 fully saturated rings. The summed E-state index contributed by atoms with van der Waals surface area (Å²) in [4.78, 5) is 17.6. The molecular weight excluding hydrogens is 260 g/mol. The van der Waals surface area contributed by atoms with Crippen LogP contribution in [0.5, 0.6) is 0 Å². The summed E-state index contributed by atoms with van der Waals surface area (Å²) < 4.78 is 0. The highest BCUT2D eigenvalue weighted by atomic mass is 32.1. The van der Waals surface area contributed by atoms with Crippen LogP contribution in [-0.2, 0) is 13.0 Å². The van der Waals surface area contributed by atoms with Gasteiger partial charge in [-0.25, -0.2) is 9.78 Å². The lowest BCUT2D eigenvalue weighted by molar-refractivity contribution is 0.0697. The monoisotopic (exact) mass is 274 g/mol. The van der Waals surface area contributed by atoms with Crippen molar-refractivity contribution in [1.82, 2.24) is 4.98 Å². The van der Waals surface area contributed by atoms with E-state index in [0.717, 1.165) is 42.9 Å². The van der Waals surface area contributed by atoms with Gasteiger partial charge in [-0.1, -0.05) is 0 Å². The molecule has 0 unspecified atom stereocenters. The van der Waals surface area contributed by atoms with Gasteiger partial charge in [0, 0.05) is 17.6 Å². The predicted octanol–water partition coefficient (Wildman–Crippen LogP) is 2.79. The summed E-state index contributed by atoms with van der Waals surface area (Å²) >= 11 is 1.60. The van der Waals surface area contributed by atoms with Crippen LogP contribution in [0.2, 0.25) is 0 Å². The topological polar surface area (TPSA) is 53.4 Å². The van der Waals surface area contributed by atoms with Crippen LogP contribution < -0.4 is 4.90 Å². The van der Waals surface area contributed by atoms with Gasteiger partial charge in [0.2, 0.25) is 0 Å². The fourth-order valence-corrected chi connectivity index (χ4v) is 3.03. The molecule has 0 bridgehead atoms. The number of hydrogen-bond acceptors (Lipinski definition) is 4. The van der Waals surface area contributed by atoms with E-state index in [0.29, 0.717) is 5.56 Å². The largest absolute Gasteiger partial charge is 0.478 e. The summed E-state index contributed by atoms with van der Waals surface area (Å²) in [7, 11) is 0. The zero-order valence-electron chi connectivity index (χ0n) is 10.4. The van der Waals surface area contributed by atoms with E-state index in [2.05, 4.69) is 15.3 Å². The molecular formula is C14H14N2O2S. The standard InChI is InChI=1S/C14H14N2O2S/c17-14(18)11-3-4-13-10(6-11)2-1-5-16(13)7-12-8-19-9-15-12/h3-4,6,8-9H,1-2,5,7H2,(H,17,18). The van der Waals surface area contributed by atoms with E-state index < -0.39 is 5.97 Å². The molecule has 3 rings (SSSR count). The third-order valence-electron chi connectivity index (χ3n) is 3.38. The number of benzene rings is 1. The van der Waals surface area contributed by atoms with Crippen LogP contribution in [0, 0.1) is 0 Å². The average molecular weight is 274 g/mol. The summed E-state index contributed by atoms with van der Waals surface area (Å²) in [6.07, 6.45) is 2.00. The Bertz CT molecular complexity index is 595. The van der Waals surface area contributed by atoms with Gasteiger partial charge in [0.05, 0.1) is 23.3 Å². The minimum atomic E-state index is -0.862. The van der Waals surface area contributed by atoms with Gasteiger partial charge in [0.1, 0.15) is 0 Å². The molecule has 1 N–H and O–H groups in total. The fraction of sp³-hybridized carbons (Fsp3) is 0.286. The lowest BCUT2D eigenvalue weighted by atomic mass is 9.99. The highest BCUT2D eigenvalue weighted by molar-refractivity contribution is 7.07. The Labute approximate surface area is 115 Å². The molecule has 1 aromatic heterocycles.